The Bertz CT molecular complexity index is 433. The van der Waals surface area contributed by atoms with E-state index in [1.807, 2.05) is 0 Å². The summed E-state index contributed by atoms with van der Waals surface area (Å²) >= 11 is 0. The van der Waals surface area contributed by atoms with E-state index in [1.165, 1.54) is 0 Å². The number of aliphatic hydroxyl groups excluding tert-OH is 4. The molecule has 2 rings (SSSR count). The summed E-state index contributed by atoms with van der Waals surface area (Å²) in [6, 6.07) is 7.13. The average Bonchev–Trinajstić information content (AvgIpc) is 2.52. The molecule has 0 bridgehead atoms. The monoisotopic (exact) mass is 300 g/mol. The summed E-state index contributed by atoms with van der Waals surface area (Å²) in [5, 5.41) is 38.2. The Labute approximate surface area is 122 Å². The van der Waals surface area contributed by atoms with Crippen LogP contribution >= 0.6 is 0 Å². The molecule has 21 heavy (non-hydrogen) atoms. The van der Waals surface area contributed by atoms with Crippen molar-refractivity contribution in [1.82, 2.24) is 0 Å². The molecule has 0 spiro atoms. The summed E-state index contributed by atoms with van der Waals surface area (Å²) in [5.74, 6) is 0.714. The number of ether oxygens (including phenoxy) is 3. The molecule has 1 heterocycles. The molecule has 1 aromatic carbocycles. The third-order valence-electron chi connectivity index (χ3n) is 3.42. The number of methoxy groups -OCH3 is 1. The number of hydrogen-bond acceptors (Lipinski definition) is 7. The van der Waals surface area contributed by atoms with Crippen LogP contribution in [0.15, 0.2) is 24.3 Å². The molecule has 1 aromatic rings. The molecule has 7 nitrogen and oxygen atoms in total. The lowest BCUT2D eigenvalue weighted by molar-refractivity contribution is -0.304. The second-order valence-electron chi connectivity index (χ2n) is 4.86. The lowest BCUT2D eigenvalue weighted by Gasteiger charge is -2.39. The number of rotatable bonds is 5. The van der Waals surface area contributed by atoms with E-state index in [-0.39, 0.29) is 6.61 Å². The maximum Gasteiger partial charge on any atom is 0.187 e. The molecule has 1 aliphatic rings. The van der Waals surface area contributed by atoms with E-state index in [0.29, 0.717) is 5.75 Å². The van der Waals surface area contributed by atoms with Gasteiger partial charge in [-0.25, -0.2) is 0 Å². The molecule has 0 saturated carbocycles. The van der Waals surface area contributed by atoms with Gasteiger partial charge in [0.15, 0.2) is 6.29 Å². The van der Waals surface area contributed by atoms with Crippen LogP contribution in [0.2, 0.25) is 0 Å². The second kappa shape index (κ2) is 7.17. The van der Waals surface area contributed by atoms with Crippen LogP contribution in [-0.4, -0.2) is 64.8 Å². The Morgan fingerprint density at radius 2 is 1.71 bits per heavy atom. The Hall–Kier alpha value is -1.22. The first-order valence-electron chi connectivity index (χ1n) is 6.62. The summed E-state index contributed by atoms with van der Waals surface area (Å²) in [6.45, 7) is -0.333. The highest BCUT2D eigenvalue weighted by Crippen LogP contribution is 2.23. The molecule has 1 aliphatic heterocycles. The third kappa shape index (κ3) is 3.70. The minimum Gasteiger partial charge on any atom is -0.497 e. The van der Waals surface area contributed by atoms with Crippen LogP contribution in [0.3, 0.4) is 0 Å². The first kappa shape index (κ1) is 16.2. The van der Waals surface area contributed by atoms with Crippen molar-refractivity contribution in [1.29, 1.82) is 0 Å². The van der Waals surface area contributed by atoms with E-state index in [0.717, 1.165) is 5.56 Å². The van der Waals surface area contributed by atoms with Crippen molar-refractivity contribution in [2.24, 2.45) is 0 Å². The molecular formula is C14H20O7. The SMILES string of the molecule is COc1ccc(CO[C@@H]2OC(CO)[C@@H](O)[C@H](O)[C@H]2O)cc1. The second-order valence-corrected chi connectivity index (χ2v) is 4.86. The summed E-state index contributed by atoms with van der Waals surface area (Å²) in [7, 11) is 1.57. The molecule has 0 aliphatic carbocycles. The predicted octanol–water partition coefficient (Wildman–Crippen LogP) is -0.988. The van der Waals surface area contributed by atoms with E-state index in [1.54, 1.807) is 31.4 Å². The molecular weight excluding hydrogens is 280 g/mol. The van der Waals surface area contributed by atoms with Crippen LogP contribution < -0.4 is 4.74 Å². The van der Waals surface area contributed by atoms with Crippen molar-refractivity contribution in [3.63, 3.8) is 0 Å². The van der Waals surface area contributed by atoms with Gasteiger partial charge in [-0.3, -0.25) is 0 Å². The van der Waals surface area contributed by atoms with Gasteiger partial charge in [0.25, 0.3) is 0 Å². The fraction of sp³-hybridized carbons (Fsp3) is 0.571. The molecule has 118 valence electrons. The zero-order valence-corrected chi connectivity index (χ0v) is 11.6. The van der Waals surface area contributed by atoms with Crippen LogP contribution in [-0.2, 0) is 16.1 Å². The summed E-state index contributed by atoms with van der Waals surface area (Å²) in [4.78, 5) is 0. The smallest absolute Gasteiger partial charge is 0.187 e. The number of aliphatic hydroxyl groups is 4. The molecule has 1 fully saturated rings. The fourth-order valence-electron chi connectivity index (χ4n) is 2.11. The maximum absolute atomic E-state index is 9.82. The van der Waals surface area contributed by atoms with Crippen LogP contribution in [0.1, 0.15) is 5.56 Å². The molecule has 0 amide bonds. The lowest BCUT2D eigenvalue weighted by atomic mass is 9.99. The Morgan fingerprint density at radius 3 is 2.29 bits per heavy atom. The van der Waals surface area contributed by atoms with Crippen molar-refractivity contribution < 1.29 is 34.6 Å². The van der Waals surface area contributed by atoms with Gasteiger partial charge >= 0.3 is 0 Å². The Balaban J connectivity index is 1.94. The van der Waals surface area contributed by atoms with Gasteiger partial charge in [-0.2, -0.15) is 0 Å². The van der Waals surface area contributed by atoms with Crippen LogP contribution in [0.25, 0.3) is 0 Å². The highest BCUT2D eigenvalue weighted by atomic mass is 16.7. The molecule has 7 heteroatoms. The highest BCUT2D eigenvalue weighted by Gasteiger charge is 2.43. The van der Waals surface area contributed by atoms with E-state index in [4.69, 9.17) is 19.3 Å². The zero-order chi connectivity index (χ0) is 15.4. The maximum atomic E-state index is 9.82. The van der Waals surface area contributed by atoms with Gasteiger partial charge in [0.1, 0.15) is 30.2 Å². The van der Waals surface area contributed by atoms with E-state index < -0.39 is 37.3 Å². The van der Waals surface area contributed by atoms with Crippen molar-refractivity contribution in [3.8, 4) is 5.75 Å². The predicted molar refractivity (Wildman–Crippen MR) is 71.6 cm³/mol. The Kier molecular flexibility index (Phi) is 5.51. The topological polar surface area (TPSA) is 109 Å². The fourth-order valence-corrected chi connectivity index (χ4v) is 2.11. The van der Waals surface area contributed by atoms with Crippen molar-refractivity contribution in [2.75, 3.05) is 13.7 Å². The minimum absolute atomic E-state index is 0.146. The Morgan fingerprint density at radius 1 is 1.05 bits per heavy atom. The van der Waals surface area contributed by atoms with Gasteiger partial charge in [-0.1, -0.05) is 12.1 Å². The van der Waals surface area contributed by atoms with Gasteiger partial charge in [0.05, 0.1) is 20.3 Å². The number of hydrogen-bond donors (Lipinski definition) is 4. The molecule has 1 unspecified atom stereocenters. The van der Waals surface area contributed by atoms with Crippen LogP contribution in [0.5, 0.6) is 5.75 Å². The highest BCUT2D eigenvalue weighted by molar-refractivity contribution is 5.26. The average molecular weight is 300 g/mol. The van der Waals surface area contributed by atoms with Crippen molar-refractivity contribution in [3.05, 3.63) is 29.8 Å². The van der Waals surface area contributed by atoms with Gasteiger partial charge in [0, 0.05) is 0 Å². The van der Waals surface area contributed by atoms with E-state index in [9.17, 15) is 15.3 Å². The first-order chi connectivity index (χ1) is 10.1. The van der Waals surface area contributed by atoms with Crippen molar-refractivity contribution in [2.45, 2.75) is 37.3 Å². The lowest BCUT2D eigenvalue weighted by Crippen LogP contribution is -2.59. The van der Waals surface area contributed by atoms with Crippen LogP contribution in [0, 0.1) is 0 Å². The normalized spacial score (nSPS) is 32.9. The molecule has 0 radical (unpaired) electrons. The largest absolute Gasteiger partial charge is 0.497 e. The quantitative estimate of drug-likeness (QED) is 0.553. The standard InChI is InChI=1S/C14H20O7/c1-19-9-4-2-8(3-5-9)7-20-14-13(18)12(17)11(16)10(6-15)21-14/h2-5,10-18H,6-7H2,1H3/t10?,11-,12+,13-,14-/m1/s1. The van der Waals surface area contributed by atoms with E-state index in [2.05, 4.69) is 0 Å². The molecule has 1 saturated heterocycles. The summed E-state index contributed by atoms with van der Waals surface area (Å²) in [6.07, 6.45) is -6.30. The summed E-state index contributed by atoms with van der Waals surface area (Å²) in [5.41, 5.74) is 0.827. The van der Waals surface area contributed by atoms with Gasteiger partial charge < -0.3 is 34.6 Å². The van der Waals surface area contributed by atoms with Gasteiger partial charge in [0.2, 0.25) is 0 Å². The first-order valence-corrected chi connectivity index (χ1v) is 6.62. The van der Waals surface area contributed by atoms with Crippen molar-refractivity contribution >= 4 is 0 Å². The van der Waals surface area contributed by atoms with E-state index >= 15 is 0 Å². The molecule has 5 atom stereocenters. The van der Waals surface area contributed by atoms with Gasteiger partial charge in [-0.05, 0) is 17.7 Å². The zero-order valence-electron chi connectivity index (χ0n) is 11.6. The molecule has 0 aromatic heterocycles. The summed E-state index contributed by atoms with van der Waals surface area (Å²) < 4.78 is 15.7. The number of benzene rings is 1. The minimum atomic E-state index is -1.43. The molecule has 4 N–H and O–H groups in total. The van der Waals surface area contributed by atoms with Gasteiger partial charge in [-0.15, -0.1) is 0 Å². The van der Waals surface area contributed by atoms with Crippen LogP contribution in [0.4, 0.5) is 0 Å². The third-order valence-corrected chi connectivity index (χ3v) is 3.42.